The van der Waals surface area contributed by atoms with Gasteiger partial charge in [-0.3, -0.25) is 9.59 Å². The van der Waals surface area contributed by atoms with E-state index in [0.29, 0.717) is 21.3 Å². The van der Waals surface area contributed by atoms with Crippen molar-refractivity contribution in [2.24, 2.45) is 11.0 Å². The highest BCUT2D eigenvalue weighted by Crippen LogP contribution is 2.35. The van der Waals surface area contributed by atoms with Gasteiger partial charge in [0.05, 0.1) is 10.7 Å². The Bertz CT molecular complexity index is 1130. The summed E-state index contributed by atoms with van der Waals surface area (Å²) in [5, 5.41) is 8.40. The number of halogens is 1. The van der Waals surface area contributed by atoms with Crippen LogP contribution < -0.4 is 10.7 Å². The van der Waals surface area contributed by atoms with Crippen LogP contribution in [0.4, 0.5) is 5.69 Å². The molecular weight excluding hydrogens is 418 g/mol. The molecule has 0 aliphatic carbocycles. The standard InChI is InChI=1S/C23H24ClN3O2S/c1-5-15-9-10-18-19(11-15)30-21(20(18)24)23(29)27-26-14(4)16-7-6-8-17(12-16)25-22(28)13(2)3/h6-13H,5H2,1-4H3,(H,25,28)(H,27,29). The Morgan fingerprint density at radius 3 is 2.63 bits per heavy atom. The summed E-state index contributed by atoms with van der Waals surface area (Å²) < 4.78 is 0.985. The van der Waals surface area contributed by atoms with Crippen molar-refractivity contribution in [3.05, 3.63) is 63.5 Å². The Labute approximate surface area is 185 Å². The maximum atomic E-state index is 12.7. The highest BCUT2D eigenvalue weighted by molar-refractivity contribution is 7.21. The van der Waals surface area contributed by atoms with E-state index in [-0.39, 0.29) is 17.7 Å². The number of hydrogen-bond acceptors (Lipinski definition) is 4. The van der Waals surface area contributed by atoms with E-state index >= 15 is 0 Å². The zero-order chi connectivity index (χ0) is 21.8. The Morgan fingerprint density at radius 1 is 1.17 bits per heavy atom. The van der Waals surface area contributed by atoms with E-state index in [1.807, 2.05) is 50.2 Å². The monoisotopic (exact) mass is 441 g/mol. The first-order valence-electron chi connectivity index (χ1n) is 9.77. The molecule has 7 heteroatoms. The van der Waals surface area contributed by atoms with Gasteiger partial charge in [0, 0.05) is 21.7 Å². The van der Waals surface area contributed by atoms with Gasteiger partial charge in [-0.15, -0.1) is 11.3 Å². The predicted octanol–water partition coefficient (Wildman–Crippen LogP) is 5.87. The van der Waals surface area contributed by atoms with Crippen molar-refractivity contribution in [2.75, 3.05) is 5.32 Å². The molecular formula is C23H24ClN3O2S. The number of carbonyl (C=O) groups is 2. The van der Waals surface area contributed by atoms with E-state index < -0.39 is 0 Å². The van der Waals surface area contributed by atoms with Crippen LogP contribution in [-0.4, -0.2) is 17.5 Å². The number of nitrogens with zero attached hydrogens (tertiary/aromatic N) is 1. The molecule has 0 saturated carbocycles. The van der Waals surface area contributed by atoms with Gasteiger partial charge in [-0.05, 0) is 42.7 Å². The minimum atomic E-state index is -0.345. The third-order valence-corrected chi connectivity index (χ3v) is 6.36. The second kappa shape index (κ2) is 9.41. The Balaban J connectivity index is 1.77. The third kappa shape index (κ3) is 4.89. The molecule has 0 bridgehead atoms. The van der Waals surface area contributed by atoms with Gasteiger partial charge in [-0.1, -0.05) is 56.6 Å². The third-order valence-electron chi connectivity index (χ3n) is 4.71. The molecule has 3 aromatic rings. The Hall–Kier alpha value is -2.70. The van der Waals surface area contributed by atoms with Crippen LogP contribution in [0.25, 0.3) is 10.1 Å². The van der Waals surface area contributed by atoms with E-state index in [4.69, 9.17) is 11.6 Å². The zero-order valence-corrected chi connectivity index (χ0v) is 18.9. The first-order chi connectivity index (χ1) is 14.3. The molecule has 0 unspecified atom stereocenters. The van der Waals surface area contributed by atoms with E-state index in [9.17, 15) is 9.59 Å². The lowest BCUT2D eigenvalue weighted by atomic mass is 10.1. The van der Waals surface area contributed by atoms with Gasteiger partial charge >= 0.3 is 0 Å². The quantitative estimate of drug-likeness (QED) is 0.371. The number of hydrogen-bond donors (Lipinski definition) is 2. The molecule has 1 heterocycles. The molecule has 0 spiro atoms. The van der Waals surface area contributed by atoms with Crippen LogP contribution in [0, 0.1) is 5.92 Å². The predicted molar refractivity (Wildman–Crippen MR) is 126 cm³/mol. The minimum absolute atomic E-state index is 0.0549. The first-order valence-corrected chi connectivity index (χ1v) is 11.0. The fraction of sp³-hybridized carbons (Fsp3) is 0.261. The maximum absolute atomic E-state index is 12.7. The SMILES string of the molecule is CCc1ccc2c(Cl)c(C(=O)NN=C(C)c3cccc(NC(=O)C(C)C)c3)sc2c1. The van der Waals surface area contributed by atoms with Crippen LogP contribution in [0.1, 0.15) is 48.5 Å². The average Bonchev–Trinajstić information content (AvgIpc) is 3.07. The summed E-state index contributed by atoms with van der Waals surface area (Å²) >= 11 is 7.80. The molecule has 30 heavy (non-hydrogen) atoms. The highest BCUT2D eigenvalue weighted by Gasteiger charge is 2.17. The molecule has 0 radical (unpaired) electrons. The molecule has 0 fully saturated rings. The number of hydrazone groups is 1. The number of aryl methyl sites for hydroxylation is 1. The number of nitrogens with one attached hydrogen (secondary N) is 2. The van der Waals surface area contributed by atoms with Crippen molar-refractivity contribution in [2.45, 2.75) is 34.1 Å². The molecule has 0 saturated heterocycles. The Kier molecular flexibility index (Phi) is 6.90. The minimum Gasteiger partial charge on any atom is -0.326 e. The van der Waals surface area contributed by atoms with Crippen molar-refractivity contribution in [3.63, 3.8) is 0 Å². The number of thiophene rings is 1. The fourth-order valence-corrected chi connectivity index (χ4v) is 4.30. The van der Waals surface area contributed by atoms with Crippen molar-refractivity contribution >= 4 is 56.2 Å². The van der Waals surface area contributed by atoms with Gasteiger partial charge in [-0.2, -0.15) is 5.10 Å². The number of anilines is 1. The van der Waals surface area contributed by atoms with Gasteiger partial charge in [0.1, 0.15) is 4.88 Å². The van der Waals surface area contributed by atoms with Gasteiger partial charge in [0.2, 0.25) is 5.91 Å². The topological polar surface area (TPSA) is 70.6 Å². The summed E-state index contributed by atoms with van der Waals surface area (Å²) in [4.78, 5) is 25.0. The van der Waals surface area contributed by atoms with Crippen molar-refractivity contribution < 1.29 is 9.59 Å². The molecule has 2 amide bonds. The van der Waals surface area contributed by atoms with Crippen LogP contribution in [0.5, 0.6) is 0 Å². The van der Waals surface area contributed by atoms with E-state index in [1.165, 1.54) is 16.9 Å². The van der Waals surface area contributed by atoms with Crippen molar-refractivity contribution in [1.82, 2.24) is 5.43 Å². The van der Waals surface area contributed by atoms with E-state index in [0.717, 1.165) is 22.1 Å². The van der Waals surface area contributed by atoms with Crippen LogP contribution in [0.2, 0.25) is 5.02 Å². The van der Waals surface area contributed by atoms with Crippen LogP contribution in [-0.2, 0) is 11.2 Å². The second-order valence-electron chi connectivity index (χ2n) is 7.29. The molecule has 1 aromatic heterocycles. The molecule has 2 aromatic carbocycles. The lowest BCUT2D eigenvalue weighted by Gasteiger charge is -2.09. The van der Waals surface area contributed by atoms with Gasteiger partial charge in [0.25, 0.3) is 5.91 Å². The highest BCUT2D eigenvalue weighted by atomic mass is 35.5. The van der Waals surface area contributed by atoms with Crippen LogP contribution in [0.15, 0.2) is 47.6 Å². The molecule has 0 aliphatic rings. The number of rotatable bonds is 6. The summed E-state index contributed by atoms with van der Waals surface area (Å²) in [5.74, 6) is -0.509. The second-order valence-corrected chi connectivity index (χ2v) is 8.72. The van der Waals surface area contributed by atoms with Gasteiger partial charge in [0.15, 0.2) is 0 Å². The van der Waals surface area contributed by atoms with Crippen molar-refractivity contribution in [1.29, 1.82) is 0 Å². The number of benzene rings is 2. The lowest BCUT2D eigenvalue weighted by Crippen LogP contribution is -2.19. The molecule has 156 valence electrons. The number of carbonyl (C=O) groups excluding carboxylic acids is 2. The smallest absolute Gasteiger partial charge is 0.283 e. The molecule has 2 N–H and O–H groups in total. The average molecular weight is 442 g/mol. The molecule has 0 aliphatic heterocycles. The normalized spacial score (nSPS) is 11.7. The molecule has 3 rings (SSSR count). The van der Waals surface area contributed by atoms with E-state index in [1.54, 1.807) is 6.92 Å². The van der Waals surface area contributed by atoms with Crippen molar-refractivity contribution in [3.8, 4) is 0 Å². The summed E-state index contributed by atoms with van der Waals surface area (Å²) in [6, 6.07) is 13.4. The summed E-state index contributed by atoms with van der Waals surface area (Å²) in [6.45, 7) is 7.56. The Morgan fingerprint density at radius 2 is 1.93 bits per heavy atom. The zero-order valence-electron chi connectivity index (χ0n) is 17.4. The molecule has 0 atom stereocenters. The lowest BCUT2D eigenvalue weighted by molar-refractivity contribution is -0.118. The summed E-state index contributed by atoms with van der Waals surface area (Å²) in [6.07, 6.45) is 0.924. The van der Waals surface area contributed by atoms with Crippen LogP contribution in [0.3, 0.4) is 0 Å². The van der Waals surface area contributed by atoms with Gasteiger partial charge < -0.3 is 5.32 Å². The van der Waals surface area contributed by atoms with Crippen LogP contribution >= 0.6 is 22.9 Å². The summed E-state index contributed by atoms with van der Waals surface area (Å²) in [7, 11) is 0. The fourth-order valence-electron chi connectivity index (χ4n) is 2.83. The number of fused-ring (bicyclic) bond motifs is 1. The van der Waals surface area contributed by atoms with E-state index in [2.05, 4.69) is 28.8 Å². The van der Waals surface area contributed by atoms with Gasteiger partial charge in [-0.25, -0.2) is 5.43 Å². The number of amides is 2. The maximum Gasteiger partial charge on any atom is 0.283 e. The first kappa shape index (κ1) is 22.0. The molecule has 5 nitrogen and oxygen atoms in total. The largest absolute Gasteiger partial charge is 0.326 e. The summed E-state index contributed by atoms with van der Waals surface area (Å²) in [5.41, 5.74) is 5.90.